The van der Waals surface area contributed by atoms with Crippen molar-refractivity contribution < 1.29 is 45.8 Å². The van der Waals surface area contributed by atoms with Gasteiger partial charge in [0.25, 0.3) is 5.91 Å². The molecule has 240 valence electrons. The molecule has 0 heterocycles. The highest BCUT2D eigenvalue weighted by atomic mass is 32.2. The average Bonchev–Trinajstić information content (AvgIpc) is 2.83. The van der Waals surface area contributed by atoms with E-state index in [9.17, 15) is 31.6 Å². The van der Waals surface area contributed by atoms with Gasteiger partial charge in [-0.2, -0.15) is 9.71 Å². The normalized spacial score (nSPS) is 13.1. The molecule has 2 aromatic carbocycles. The zero-order valence-corrected chi connectivity index (χ0v) is 26.2. The van der Waals surface area contributed by atoms with E-state index in [1.807, 2.05) is 0 Å². The molecule has 0 spiro atoms. The van der Waals surface area contributed by atoms with Crippen LogP contribution in [-0.4, -0.2) is 49.5 Å². The number of sulfonamides is 1. The second kappa shape index (κ2) is 13.9. The fourth-order valence-electron chi connectivity index (χ4n) is 3.43. The minimum atomic E-state index is -4.41. The number of guanidine groups is 1. The minimum absolute atomic E-state index is 0.0104. The molecule has 0 aliphatic heterocycles. The summed E-state index contributed by atoms with van der Waals surface area (Å²) in [7, 11) is -4.41. The van der Waals surface area contributed by atoms with Gasteiger partial charge in [-0.1, -0.05) is 0 Å². The van der Waals surface area contributed by atoms with Crippen LogP contribution in [-0.2, 0) is 33.9 Å². The van der Waals surface area contributed by atoms with Gasteiger partial charge in [0.05, 0.1) is 11.3 Å². The van der Waals surface area contributed by atoms with Crippen LogP contribution in [0.15, 0.2) is 51.9 Å². The van der Waals surface area contributed by atoms with Crippen LogP contribution in [0.3, 0.4) is 0 Å². The second-order valence-corrected chi connectivity index (χ2v) is 13.3. The van der Waals surface area contributed by atoms with Gasteiger partial charge >= 0.3 is 11.9 Å². The van der Waals surface area contributed by atoms with E-state index in [-0.39, 0.29) is 21.8 Å². The fraction of sp³-hybridized carbons (Fsp3) is 0.379. The van der Waals surface area contributed by atoms with Crippen molar-refractivity contribution in [3.8, 4) is 11.5 Å². The van der Waals surface area contributed by atoms with Crippen LogP contribution in [0.1, 0.15) is 60.5 Å². The number of nitrogens with zero attached hydrogens (tertiary/aromatic N) is 1. The maximum atomic E-state index is 14.7. The van der Waals surface area contributed by atoms with E-state index in [0.717, 1.165) is 36.4 Å². The third-order valence-electron chi connectivity index (χ3n) is 5.11. The Morgan fingerprint density at radius 3 is 1.95 bits per heavy atom. The van der Waals surface area contributed by atoms with Crippen molar-refractivity contribution in [2.24, 2.45) is 16.5 Å². The van der Waals surface area contributed by atoms with E-state index in [0.29, 0.717) is 0 Å². The molecule has 0 radical (unpaired) electrons. The summed E-state index contributed by atoms with van der Waals surface area (Å²) in [6.07, 6.45) is 0.531. The number of hydrogen-bond acceptors (Lipinski definition) is 8. The van der Waals surface area contributed by atoms with E-state index in [4.69, 9.17) is 25.7 Å². The third-order valence-corrected chi connectivity index (χ3v) is 6.59. The predicted molar refractivity (Wildman–Crippen MR) is 158 cm³/mol. The Morgan fingerprint density at radius 1 is 0.955 bits per heavy atom. The second-order valence-electron chi connectivity index (χ2n) is 11.6. The molecule has 2 aromatic rings. The number of nitrogens with one attached hydrogen (secondary N) is 1. The molecule has 0 bridgehead atoms. The molecule has 0 saturated heterocycles. The molecule has 5 N–H and O–H groups in total. The molecule has 0 fully saturated rings. The van der Waals surface area contributed by atoms with Crippen molar-refractivity contribution in [2.45, 2.75) is 77.0 Å². The van der Waals surface area contributed by atoms with Gasteiger partial charge in [0, 0.05) is 5.57 Å². The number of esters is 2. The van der Waals surface area contributed by atoms with Crippen LogP contribution >= 0.6 is 0 Å². The molecular weight excluding hydrogens is 602 g/mol. The lowest BCUT2D eigenvalue weighted by Crippen LogP contribution is -2.46. The van der Waals surface area contributed by atoms with E-state index in [1.165, 1.54) is 13.0 Å². The van der Waals surface area contributed by atoms with Crippen molar-refractivity contribution >= 4 is 39.9 Å². The van der Waals surface area contributed by atoms with Gasteiger partial charge in [0.1, 0.15) is 23.0 Å². The Balaban J connectivity index is 2.27. The Kier molecular flexibility index (Phi) is 11.4. The number of aliphatic imine (C=N–C) groups is 1. The first-order valence-corrected chi connectivity index (χ1v) is 14.6. The number of halogens is 2. The van der Waals surface area contributed by atoms with E-state index >= 15 is 0 Å². The maximum absolute atomic E-state index is 14.7. The summed E-state index contributed by atoms with van der Waals surface area (Å²) in [4.78, 5) is 40.0. The van der Waals surface area contributed by atoms with Gasteiger partial charge in [-0.05, 0) is 96.5 Å². The van der Waals surface area contributed by atoms with Crippen molar-refractivity contribution in [2.75, 3.05) is 0 Å². The summed E-state index contributed by atoms with van der Waals surface area (Å²) in [5.74, 6) is -6.22. The van der Waals surface area contributed by atoms with Gasteiger partial charge in [-0.25, -0.2) is 17.2 Å². The van der Waals surface area contributed by atoms with Gasteiger partial charge in [-0.15, -0.1) is 0 Å². The molecule has 0 aliphatic rings. The van der Waals surface area contributed by atoms with Crippen LogP contribution in [0, 0.1) is 11.6 Å². The highest BCUT2D eigenvalue weighted by Gasteiger charge is 2.33. The van der Waals surface area contributed by atoms with Crippen molar-refractivity contribution in [1.82, 2.24) is 4.72 Å². The van der Waals surface area contributed by atoms with E-state index < -0.39 is 74.9 Å². The summed E-state index contributed by atoms with van der Waals surface area (Å²) < 4.78 is 73.6. The van der Waals surface area contributed by atoms with Crippen molar-refractivity contribution in [1.29, 1.82) is 0 Å². The van der Waals surface area contributed by atoms with Gasteiger partial charge < -0.3 is 25.7 Å². The largest absolute Gasteiger partial charge is 0.460 e. The number of hydrogen-bond donors (Lipinski definition) is 3. The molecule has 1 amide bonds. The first kappa shape index (κ1) is 35.8. The smallest absolute Gasteiger partial charge is 0.325 e. The highest BCUT2D eigenvalue weighted by Crippen LogP contribution is 2.30. The lowest BCUT2D eigenvalue weighted by Gasteiger charge is -2.25. The van der Waals surface area contributed by atoms with Crippen LogP contribution in [0.4, 0.5) is 8.78 Å². The number of ether oxygens (including phenoxy) is 3. The molecule has 0 aromatic heterocycles. The summed E-state index contributed by atoms with van der Waals surface area (Å²) in [6, 6.07) is 4.63. The van der Waals surface area contributed by atoms with Crippen LogP contribution < -0.4 is 20.9 Å². The van der Waals surface area contributed by atoms with Crippen molar-refractivity contribution in [3.05, 3.63) is 59.2 Å². The van der Waals surface area contributed by atoms with E-state index in [2.05, 4.69) is 9.71 Å². The third kappa shape index (κ3) is 11.4. The number of carbonyl (C=O) groups excluding carboxylic acids is 3. The SMILES string of the molecule is CC(=Cc1cc(F)c(Oc2ccc(S(=O)(=O)NC(CC(=O)OC(C)(C)C)C(=O)OC(C)(C)C)cc2)c(F)c1)C(=O)N=C(N)N. The number of benzene rings is 2. The van der Waals surface area contributed by atoms with Gasteiger partial charge in [0.15, 0.2) is 23.3 Å². The molecule has 15 heteroatoms. The topological polar surface area (TPSA) is 189 Å². The summed E-state index contributed by atoms with van der Waals surface area (Å²) >= 11 is 0. The monoisotopic (exact) mass is 638 g/mol. The maximum Gasteiger partial charge on any atom is 0.325 e. The molecule has 0 saturated carbocycles. The minimum Gasteiger partial charge on any atom is -0.460 e. The molecule has 12 nitrogen and oxygen atoms in total. The predicted octanol–water partition coefficient (Wildman–Crippen LogP) is 3.68. The first-order chi connectivity index (χ1) is 20.1. The Hall–Kier alpha value is -4.37. The number of amides is 1. The number of carbonyl (C=O) groups is 3. The summed E-state index contributed by atoms with van der Waals surface area (Å²) in [5.41, 5.74) is 8.46. The lowest BCUT2D eigenvalue weighted by atomic mass is 10.1. The molecule has 44 heavy (non-hydrogen) atoms. The lowest BCUT2D eigenvalue weighted by molar-refractivity contribution is -0.164. The quantitative estimate of drug-likeness (QED) is 0.150. The molecular formula is C29H36F2N4O8S. The van der Waals surface area contributed by atoms with Gasteiger partial charge in [-0.3, -0.25) is 14.4 Å². The zero-order valence-electron chi connectivity index (χ0n) is 25.4. The molecule has 1 unspecified atom stereocenters. The molecule has 1 atom stereocenters. The van der Waals surface area contributed by atoms with Gasteiger partial charge in [0.2, 0.25) is 10.0 Å². The average molecular weight is 639 g/mol. The highest BCUT2D eigenvalue weighted by molar-refractivity contribution is 7.89. The van der Waals surface area contributed by atoms with Crippen LogP contribution in [0.2, 0.25) is 0 Å². The summed E-state index contributed by atoms with van der Waals surface area (Å²) in [6.45, 7) is 10.9. The first-order valence-electron chi connectivity index (χ1n) is 13.1. The molecule has 2 rings (SSSR count). The fourth-order valence-corrected chi connectivity index (χ4v) is 4.62. The number of rotatable bonds is 10. The number of nitrogens with two attached hydrogens (primary N) is 2. The Morgan fingerprint density at radius 2 is 1.48 bits per heavy atom. The van der Waals surface area contributed by atoms with Crippen molar-refractivity contribution in [3.63, 3.8) is 0 Å². The van der Waals surface area contributed by atoms with Crippen LogP contribution in [0.25, 0.3) is 6.08 Å². The standard InChI is InChI=1S/C29H36F2N4O8S/c1-16(25(37)34-27(32)33)12-17-13-20(30)24(21(31)14-17)41-18-8-10-19(11-9-18)44(39,40)35-22(26(38)43-29(5,6)7)15-23(36)42-28(2,3)4/h8-14,22,35H,15H2,1-7H3,(H4,32,33,34,37). The molecule has 0 aliphatic carbocycles. The van der Waals surface area contributed by atoms with Crippen LogP contribution in [0.5, 0.6) is 11.5 Å². The van der Waals surface area contributed by atoms with E-state index in [1.54, 1.807) is 41.5 Å². The Bertz CT molecular complexity index is 1550. The zero-order chi connectivity index (χ0) is 33.6. The summed E-state index contributed by atoms with van der Waals surface area (Å²) in [5, 5.41) is 0. The Labute approximate surface area is 254 Å².